The maximum Gasteiger partial charge on any atom is 0.326 e. The Bertz CT molecular complexity index is 368. The molecule has 0 bridgehead atoms. The third-order valence-electron chi connectivity index (χ3n) is 2.71. The lowest BCUT2D eigenvalue weighted by molar-refractivity contribution is -0.158. The van der Waals surface area contributed by atoms with Crippen LogP contribution in [0.2, 0.25) is 0 Å². The zero-order valence-electron chi connectivity index (χ0n) is 11.8. The van der Waals surface area contributed by atoms with Crippen LogP contribution in [0.5, 0.6) is 0 Å². The molecule has 0 aliphatic carbocycles. The van der Waals surface area contributed by atoms with E-state index in [-0.39, 0.29) is 25.2 Å². The lowest BCUT2D eigenvalue weighted by Gasteiger charge is -2.26. The number of aliphatic carboxylic acids is 1. The van der Waals surface area contributed by atoms with E-state index in [9.17, 15) is 19.5 Å². The Morgan fingerprint density at radius 2 is 1.75 bits per heavy atom. The first-order valence-electron chi connectivity index (χ1n) is 6.50. The number of carbonyl (C=O) groups is 3. The Morgan fingerprint density at radius 1 is 1.25 bits per heavy atom. The van der Waals surface area contributed by atoms with E-state index < -0.39 is 23.8 Å². The molecule has 0 radical (unpaired) electrons. The lowest BCUT2D eigenvalue weighted by atomic mass is 10.1. The van der Waals surface area contributed by atoms with Gasteiger partial charge in [-0.15, -0.1) is 0 Å². The second kappa shape index (κ2) is 8.89. The van der Waals surface area contributed by atoms with Crippen molar-refractivity contribution in [2.45, 2.75) is 45.6 Å². The maximum absolute atomic E-state index is 11.8. The van der Waals surface area contributed by atoms with Crippen molar-refractivity contribution in [1.82, 2.24) is 10.2 Å². The van der Waals surface area contributed by atoms with Gasteiger partial charge in [-0.05, 0) is 12.8 Å². The summed E-state index contributed by atoms with van der Waals surface area (Å²) >= 11 is 0. The third-order valence-corrected chi connectivity index (χ3v) is 2.71. The van der Waals surface area contributed by atoms with Crippen LogP contribution in [0.1, 0.15) is 39.5 Å². The Kier molecular flexibility index (Phi) is 7.95. The van der Waals surface area contributed by atoms with Crippen LogP contribution in [0.3, 0.4) is 0 Å². The zero-order chi connectivity index (χ0) is 15.7. The first kappa shape index (κ1) is 17.9. The molecule has 20 heavy (non-hydrogen) atoms. The van der Waals surface area contributed by atoms with E-state index >= 15 is 0 Å². The topological polar surface area (TPSA) is 137 Å². The summed E-state index contributed by atoms with van der Waals surface area (Å²) in [4.78, 5) is 35.6. The molecule has 2 amide bonds. The maximum atomic E-state index is 11.8. The van der Waals surface area contributed by atoms with E-state index in [0.29, 0.717) is 13.0 Å². The summed E-state index contributed by atoms with van der Waals surface area (Å²) in [6.45, 7) is 3.47. The predicted molar refractivity (Wildman–Crippen MR) is 73.0 cm³/mol. The summed E-state index contributed by atoms with van der Waals surface area (Å²) in [6, 6.07) is -1.18. The number of guanidine groups is 1. The Balaban J connectivity index is 4.82. The molecule has 0 aromatic carbocycles. The number of amides is 2. The van der Waals surface area contributed by atoms with Gasteiger partial charge in [-0.25, -0.2) is 4.79 Å². The molecular formula is C12H22N4O4. The first-order chi connectivity index (χ1) is 9.34. The quantitative estimate of drug-likeness (QED) is 0.279. The highest BCUT2D eigenvalue weighted by molar-refractivity contribution is 5.99. The molecule has 0 spiro atoms. The number of hydrogen-bond acceptors (Lipinski definition) is 4. The molecule has 0 aliphatic rings. The average molecular weight is 286 g/mol. The molecule has 5 N–H and O–H groups in total. The van der Waals surface area contributed by atoms with Crippen molar-refractivity contribution in [3.8, 4) is 0 Å². The Hall–Kier alpha value is -2.12. The summed E-state index contributed by atoms with van der Waals surface area (Å²) in [7, 11) is 0. The van der Waals surface area contributed by atoms with E-state index in [2.05, 4.69) is 5.32 Å². The smallest absolute Gasteiger partial charge is 0.326 e. The van der Waals surface area contributed by atoms with Crippen molar-refractivity contribution >= 4 is 23.7 Å². The molecule has 0 fully saturated rings. The molecule has 0 rings (SSSR count). The zero-order valence-corrected chi connectivity index (χ0v) is 11.8. The second-order valence-electron chi connectivity index (χ2n) is 4.20. The number of nitrogens with two attached hydrogens (primary N) is 1. The van der Waals surface area contributed by atoms with Crippen molar-refractivity contribution in [2.75, 3.05) is 6.54 Å². The minimum absolute atomic E-state index is 0.0707. The molecule has 114 valence electrons. The van der Waals surface area contributed by atoms with Gasteiger partial charge in [-0.2, -0.15) is 0 Å². The van der Waals surface area contributed by atoms with Crippen LogP contribution in [0.4, 0.5) is 0 Å². The van der Waals surface area contributed by atoms with Gasteiger partial charge in [0.05, 0.1) is 0 Å². The largest absolute Gasteiger partial charge is 0.480 e. The van der Waals surface area contributed by atoms with Gasteiger partial charge < -0.3 is 16.2 Å². The van der Waals surface area contributed by atoms with Crippen LogP contribution in [-0.2, 0) is 14.4 Å². The van der Waals surface area contributed by atoms with Crippen molar-refractivity contribution in [3.63, 3.8) is 0 Å². The number of carboxylic acids is 1. The average Bonchev–Trinajstić information content (AvgIpc) is 2.40. The van der Waals surface area contributed by atoms with Gasteiger partial charge in [-0.1, -0.05) is 13.8 Å². The molecule has 0 unspecified atom stereocenters. The molecule has 0 aromatic heterocycles. The minimum Gasteiger partial charge on any atom is -0.480 e. The van der Waals surface area contributed by atoms with Crippen LogP contribution in [0.15, 0.2) is 0 Å². The van der Waals surface area contributed by atoms with Crippen LogP contribution >= 0.6 is 0 Å². The summed E-state index contributed by atoms with van der Waals surface area (Å²) < 4.78 is 0. The summed E-state index contributed by atoms with van der Waals surface area (Å²) in [5.74, 6) is -2.41. The standard InChI is InChI=1S/C12H22N4O4/c1-3-9(17)16(10(18)4-2)8(11(19)20)6-5-7-15-12(13)14/h8H,3-7H2,1-2H3,(H,19,20)(H4,13,14,15)/t8-/m0/s1. The highest BCUT2D eigenvalue weighted by Crippen LogP contribution is 2.11. The van der Waals surface area contributed by atoms with Crippen LogP contribution in [0.25, 0.3) is 0 Å². The first-order valence-corrected chi connectivity index (χ1v) is 6.50. The number of carboxylic acid groups (broad SMARTS) is 1. The molecule has 0 saturated carbocycles. The number of rotatable bonds is 8. The van der Waals surface area contributed by atoms with Crippen molar-refractivity contribution < 1.29 is 19.5 Å². The monoisotopic (exact) mass is 286 g/mol. The third kappa shape index (κ3) is 5.68. The van der Waals surface area contributed by atoms with Crippen molar-refractivity contribution in [1.29, 1.82) is 5.41 Å². The SMILES string of the molecule is CCC(=O)N(C(=O)CC)[C@@H](CCCNC(=N)N)C(=O)O. The van der Waals surface area contributed by atoms with E-state index in [0.717, 1.165) is 4.90 Å². The fraction of sp³-hybridized carbons (Fsp3) is 0.667. The van der Waals surface area contributed by atoms with Gasteiger partial charge in [0.2, 0.25) is 11.8 Å². The highest BCUT2D eigenvalue weighted by Gasteiger charge is 2.32. The summed E-state index contributed by atoms with van der Waals surface area (Å²) in [6.07, 6.45) is 0.635. The van der Waals surface area contributed by atoms with Crippen molar-refractivity contribution in [3.05, 3.63) is 0 Å². The predicted octanol–water partition coefficient (Wildman–Crippen LogP) is -0.122. The summed E-state index contributed by atoms with van der Waals surface area (Å²) in [5.41, 5.74) is 5.11. The fourth-order valence-corrected chi connectivity index (χ4v) is 1.71. The van der Waals surface area contributed by atoms with Crippen LogP contribution in [0, 0.1) is 5.41 Å². The normalized spacial score (nSPS) is 11.5. The number of carbonyl (C=O) groups excluding carboxylic acids is 2. The van der Waals surface area contributed by atoms with E-state index in [4.69, 9.17) is 11.1 Å². The Morgan fingerprint density at radius 3 is 2.10 bits per heavy atom. The van der Waals surface area contributed by atoms with Gasteiger partial charge >= 0.3 is 5.97 Å². The van der Waals surface area contributed by atoms with Gasteiger partial charge in [0.15, 0.2) is 5.96 Å². The molecular weight excluding hydrogens is 264 g/mol. The van der Waals surface area contributed by atoms with E-state index in [1.54, 1.807) is 13.8 Å². The number of nitrogens with zero attached hydrogens (tertiary/aromatic N) is 1. The van der Waals surface area contributed by atoms with E-state index in [1.807, 2.05) is 0 Å². The molecule has 8 heteroatoms. The number of hydrogen-bond donors (Lipinski definition) is 4. The molecule has 1 atom stereocenters. The van der Waals surface area contributed by atoms with Gasteiger partial charge in [-0.3, -0.25) is 19.9 Å². The van der Waals surface area contributed by atoms with Gasteiger partial charge in [0, 0.05) is 19.4 Å². The highest BCUT2D eigenvalue weighted by atomic mass is 16.4. The Labute approximate surface area is 117 Å². The van der Waals surface area contributed by atoms with Gasteiger partial charge in [0.1, 0.15) is 6.04 Å². The number of nitrogens with one attached hydrogen (secondary N) is 2. The van der Waals surface area contributed by atoms with Crippen LogP contribution < -0.4 is 11.1 Å². The van der Waals surface area contributed by atoms with E-state index in [1.165, 1.54) is 0 Å². The fourth-order valence-electron chi connectivity index (χ4n) is 1.71. The number of imide groups is 1. The second-order valence-corrected chi connectivity index (χ2v) is 4.20. The molecule has 0 saturated heterocycles. The molecule has 0 heterocycles. The summed E-state index contributed by atoms with van der Waals surface area (Å²) in [5, 5.41) is 18.7. The van der Waals surface area contributed by atoms with Crippen LogP contribution in [-0.4, -0.2) is 46.3 Å². The lowest BCUT2D eigenvalue weighted by Crippen LogP contribution is -2.48. The van der Waals surface area contributed by atoms with Gasteiger partial charge in [0.25, 0.3) is 0 Å². The molecule has 8 nitrogen and oxygen atoms in total. The van der Waals surface area contributed by atoms with Crippen molar-refractivity contribution in [2.24, 2.45) is 5.73 Å². The molecule has 0 aromatic rings. The molecule has 0 aliphatic heterocycles. The minimum atomic E-state index is -1.21.